The Hall–Kier alpha value is -1.66. The summed E-state index contributed by atoms with van der Waals surface area (Å²) in [5.41, 5.74) is 6.19. The topological polar surface area (TPSA) is 131 Å². The fourth-order valence-electron chi connectivity index (χ4n) is 2.87. The number of amides is 2. The van der Waals surface area contributed by atoms with Crippen LogP contribution in [0, 0.1) is 0 Å². The Morgan fingerprint density at radius 1 is 1.21 bits per heavy atom. The lowest BCUT2D eigenvalue weighted by atomic mass is 10.1. The number of nitrogens with one attached hydrogen (secondary N) is 2. The van der Waals surface area contributed by atoms with Gasteiger partial charge in [-0.15, -0.1) is 0 Å². The number of thioether (sulfide) groups is 1. The second kappa shape index (κ2) is 11.5. The average molecular weight is 445 g/mol. The minimum absolute atomic E-state index is 0.143. The van der Waals surface area contributed by atoms with Gasteiger partial charge in [-0.05, 0) is 30.4 Å². The second-order valence-corrected chi connectivity index (χ2v) is 9.31. The van der Waals surface area contributed by atoms with Crippen molar-refractivity contribution in [1.82, 2.24) is 14.3 Å². The van der Waals surface area contributed by atoms with Crippen molar-refractivity contribution in [3.63, 3.8) is 0 Å². The van der Waals surface area contributed by atoms with Crippen LogP contribution in [0.1, 0.15) is 12.0 Å². The molecule has 0 bridgehead atoms. The SMILES string of the molecule is CSCC[C@H](NC(=O)[C@H](Cc1ccccc1)NS(=O)(=O)N1CCOCC1)C(N)=O. The quantitative estimate of drug-likeness (QED) is 0.421. The first-order chi connectivity index (χ1) is 13.8. The largest absolute Gasteiger partial charge is 0.379 e. The fourth-order valence-corrected chi connectivity index (χ4v) is 4.67. The van der Waals surface area contributed by atoms with Crippen molar-refractivity contribution in [3.05, 3.63) is 35.9 Å². The Morgan fingerprint density at radius 3 is 2.45 bits per heavy atom. The number of rotatable bonds is 11. The summed E-state index contributed by atoms with van der Waals surface area (Å²) in [6.45, 7) is 1.03. The molecule has 2 rings (SSSR count). The molecule has 4 N–H and O–H groups in total. The number of benzene rings is 1. The maximum Gasteiger partial charge on any atom is 0.280 e. The van der Waals surface area contributed by atoms with Gasteiger partial charge in [-0.2, -0.15) is 29.2 Å². The maximum atomic E-state index is 12.9. The number of hydrogen-bond donors (Lipinski definition) is 3. The molecule has 1 heterocycles. The van der Waals surface area contributed by atoms with E-state index in [0.717, 1.165) is 5.56 Å². The molecule has 2 amide bonds. The van der Waals surface area contributed by atoms with Crippen LogP contribution < -0.4 is 15.8 Å². The molecule has 1 aliphatic heterocycles. The minimum Gasteiger partial charge on any atom is -0.379 e. The number of carbonyl (C=O) groups is 2. The molecule has 1 aromatic carbocycles. The molecule has 1 aliphatic rings. The molecule has 0 aromatic heterocycles. The summed E-state index contributed by atoms with van der Waals surface area (Å²) in [5.74, 6) is -0.603. The first-order valence-electron chi connectivity index (χ1n) is 9.31. The van der Waals surface area contributed by atoms with E-state index >= 15 is 0 Å². The van der Waals surface area contributed by atoms with Crippen molar-refractivity contribution in [2.75, 3.05) is 38.3 Å². The Morgan fingerprint density at radius 2 is 1.86 bits per heavy atom. The van der Waals surface area contributed by atoms with Gasteiger partial charge in [-0.3, -0.25) is 9.59 Å². The Kier molecular flexibility index (Phi) is 9.37. The van der Waals surface area contributed by atoms with Gasteiger partial charge in [0.15, 0.2) is 0 Å². The molecule has 2 atom stereocenters. The van der Waals surface area contributed by atoms with Crippen LogP contribution in [0.4, 0.5) is 0 Å². The number of ether oxygens (including phenoxy) is 1. The summed E-state index contributed by atoms with van der Waals surface area (Å²) in [4.78, 5) is 24.6. The van der Waals surface area contributed by atoms with Gasteiger partial charge < -0.3 is 15.8 Å². The predicted octanol–water partition coefficient (Wildman–Crippen LogP) is -0.512. The monoisotopic (exact) mass is 444 g/mol. The van der Waals surface area contributed by atoms with Crippen molar-refractivity contribution in [2.45, 2.75) is 24.9 Å². The molecule has 11 heteroatoms. The number of carbonyl (C=O) groups excluding carboxylic acids is 2. The molecule has 1 saturated heterocycles. The summed E-state index contributed by atoms with van der Waals surface area (Å²) in [6, 6.07) is 7.13. The molecule has 1 fully saturated rings. The number of morpholine rings is 1. The summed E-state index contributed by atoms with van der Waals surface area (Å²) in [7, 11) is -3.90. The summed E-state index contributed by atoms with van der Waals surface area (Å²) < 4.78 is 34.5. The van der Waals surface area contributed by atoms with E-state index in [1.165, 1.54) is 16.1 Å². The van der Waals surface area contributed by atoms with Gasteiger partial charge in [-0.25, -0.2) is 0 Å². The molecule has 162 valence electrons. The molecule has 29 heavy (non-hydrogen) atoms. The van der Waals surface area contributed by atoms with Gasteiger partial charge in [0.25, 0.3) is 10.2 Å². The van der Waals surface area contributed by atoms with E-state index in [1.54, 1.807) is 0 Å². The van der Waals surface area contributed by atoms with E-state index in [-0.39, 0.29) is 19.5 Å². The zero-order valence-electron chi connectivity index (χ0n) is 16.4. The van der Waals surface area contributed by atoms with Crippen molar-refractivity contribution < 1.29 is 22.7 Å². The number of nitrogens with zero attached hydrogens (tertiary/aromatic N) is 1. The average Bonchev–Trinajstić information content (AvgIpc) is 2.71. The van der Waals surface area contributed by atoms with Crippen LogP contribution in [-0.4, -0.2) is 74.9 Å². The van der Waals surface area contributed by atoms with E-state index in [4.69, 9.17) is 10.5 Å². The highest BCUT2D eigenvalue weighted by Crippen LogP contribution is 2.09. The van der Waals surface area contributed by atoms with Crippen LogP contribution in [0.3, 0.4) is 0 Å². The highest BCUT2D eigenvalue weighted by molar-refractivity contribution is 7.98. The Balaban J connectivity index is 2.17. The number of primary amides is 1. The zero-order chi connectivity index (χ0) is 21.3. The van der Waals surface area contributed by atoms with Crippen molar-refractivity contribution >= 4 is 33.8 Å². The standard InChI is InChI=1S/C18H28N4O5S2/c1-28-12-7-15(17(19)23)20-18(24)16(13-14-5-3-2-4-6-14)21-29(25,26)22-8-10-27-11-9-22/h2-6,15-16,21H,7-13H2,1H3,(H2,19,23)(H,20,24)/t15-,16-/m0/s1. The second-order valence-electron chi connectivity index (χ2n) is 6.62. The van der Waals surface area contributed by atoms with Crippen molar-refractivity contribution in [1.29, 1.82) is 0 Å². The number of hydrogen-bond acceptors (Lipinski definition) is 6. The molecule has 0 radical (unpaired) electrons. The molecular weight excluding hydrogens is 416 g/mol. The lowest BCUT2D eigenvalue weighted by Crippen LogP contribution is -2.57. The van der Waals surface area contributed by atoms with Gasteiger partial charge in [-0.1, -0.05) is 30.3 Å². The van der Waals surface area contributed by atoms with Gasteiger partial charge in [0.2, 0.25) is 11.8 Å². The highest BCUT2D eigenvalue weighted by atomic mass is 32.2. The van der Waals surface area contributed by atoms with Crippen LogP contribution in [0.25, 0.3) is 0 Å². The molecule has 1 aromatic rings. The molecule has 9 nitrogen and oxygen atoms in total. The third-order valence-corrected chi connectivity index (χ3v) is 6.74. The number of nitrogens with two attached hydrogens (primary N) is 1. The third kappa shape index (κ3) is 7.59. The van der Waals surface area contributed by atoms with Gasteiger partial charge >= 0.3 is 0 Å². The van der Waals surface area contributed by atoms with Crippen LogP contribution in [0.5, 0.6) is 0 Å². The first-order valence-corrected chi connectivity index (χ1v) is 12.1. The minimum atomic E-state index is -3.90. The van der Waals surface area contributed by atoms with Crippen LogP contribution >= 0.6 is 11.8 Å². The van der Waals surface area contributed by atoms with Crippen LogP contribution in [-0.2, 0) is 31.0 Å². The maximum absolute atomic E-state index is 12.9. The highest BCUT2D eigenvalue weighted by Gasteiger charge is 2.32. The van der Waals surface area contributed by atoms with E-state index in [1.807, 2.05) is 36.6 Å². The summed E-state index contributed by atoms with van der Waals surface area (Å²) >= 11 is 1.53. The van der Waals surface area contributed by atoms with E-state index in [0.29, 0.717) is 25.4 Å². The van der Waals surface area contributed by atoms with E-state index in [2.05, 4.69) is 10.0 Å². The van der Waals surface area contributed by atoms with Crippen molar-refractivity contribution in [2.24, 2.45) is 5.73 Å². The van der Waals surface area contributed by atoms with E-state index in [9.17, 15) is 18.0 Å². The molecule has 0 aliphatic carbocycles. The Labute approximate surface area is 175 Å². The zero-order valence-corrected chi connectivity index (χ0v) is 18.0. The van der Waals surface area contributed by atoms with Gasteiger partial charge in [0, 0.05) is 13.1 Å². The van der Waals surface area contributed by atoms with Crippen LogP contribution in [0.2, 0.25) is 0 Å². The van der Waals surface area contributed by atoms with E-state index < -0.39 is 34.1 Å². The molecular formula is C18H28N4O5S2. The third-order valence-electron chi connectivity index (χ3n) is 4.47. The molecule has 0 unspecified atom stereocenters. The van der Waals surface area contributed by atoms with Crippen molar-refractivity contribution in [3.8, 4) is 0 Å². The molecule has 0 saturated carbocycles. The van der Waals surface area contributed by atoms with Gasteiger partial charge in [0.05, 0.1) is 13.2 Å². The normalized spacial score (nSPS) is 17.4. The Bertz CT molecular complexity index is 770. The van der Waals surface area contributed by atoms with Gasteiger partial charge in [0.1, 0.15) is 12.1 Å². The molecule has 0 spiro atoms. The first kappa shape index (κ1) is 23.6. The fraction of sp³-hybridized carbons (Fsp3) is 0.556. The predicted molar refractivity (Wildman–Crippen MR) is 113 cm³/mol. The lowest BCUT2D eigenvalue weighted by molar-refractivity contribution is -0.128. The summed E-state index contributed by atoms with van der Waals surface area (Å²) in [6.07, 6.45) is 2.40. The lowest BCUT2D eigenvalue weighted by Gasteiger charge is -2.29. The smallest absolute Gasteiger partial charge is 0.280 e. The summed E-state index contributed by atoms with van der Waals surface area (Å²) in [5, 5.41) is 2.60. The van der Waals surface area contributed by atoms with Crippen LogP contribution in [0.15, 0.2) is 30.3 Å².